The van der Waals surface area contributed by atoms with Gasteiger partial charge in [-0.1, -0.05) is 31.0 Å². The van der Waals surface area contributed by atoms with Crippen LogP contribution in [0.1, 0.15) is 38.3 Å². The number of aliphatic hydroxyl groups is 1. The SMILES string of the molecule is CCCCOCC(O)COc1ccc(C(C)NC)cc1Cl. The molecular formula is C16H26ClNO3. The normalized spacial score (nSPS) is 14.0. The molecule has 2 N–H and O–H groups in total. The van der Waals surface area contributed by atoms with E-state index in [-0.39, 0.29) is 19.3 Å². The average molecular weight is 316 g/mol. The third kappa shape index (κ3) is 6.66. The van der Waals surface area contributed by atoms with E-state index in [1.54, 1.807) is 0 Å². The quantitative estimate of drug-likeness (QED) is 0.651. The van der Waals surface area contributed by atoms with E-state index >= 15 is 0 Å². The Labute approximate surface area is 132 Å². The number of ether oxygens (including phenoxy) is 2. The molecule has 21 heavy (non-hydrogen) atoms. The summed E-state index contributed by atoms with van der Waals surface area (Å²) >= 11 is 6.19. The monoisotopic (exact) mass is 315 g/mol. The van der Waals surface area contributed by atoms with Gasteiger partial charge in [-0.3, -0.25) is 0 Å². The molecule has 5 heteroatoms. The van der Waals surface area contributed by atoms with Crippen LogP contribution in [0.25, 0.3) is 0 Å². The van der Waals surface area contributed by atoms with E-state index in [4.69, 9.17) is 21.1 Å². The Morgan fingerprint density at radius 1 is 1.33 bits per heavy atom. The Hall–Kier alpha value is -0.810. The molecule has 0 aromatic heterocycles. The molecule has 0 saturated heterocycles. The van der Waals surface area contributed by atoms with Crippen molar-refractivity contribution in [3.8, 4) is 5.75 Å². The summed E-state index contributed by atoms with van der Waals surface area (Å²) in [5.74, 6) is 0.580. The Kier molecular flexibility index (Phi) is 8.69. The molecule has 0 fully saturated rings. The van der Waals surface area contributed by atoms with E-state index < -0.39 is 6.10 Å². The van der Waals surface area contributed by atoms with Gasteiger partial charge >= 0.3 is 0 Å². The average Bonchev–Trinajstić information content (AvgIpc) is 2.49. The highest BCUT2D eigenvalue weighted by atomic mass is 35.5. The zero-order valence-corrected chi connectivity index (χ0v) is 13.8. The van der Waals surface area contributed by atoms with Crippen LogP contribution in [-0.4, -0.2) is 38.1 Å². The van der Waals surface area contributed by atoms with E-state index in [1.807, 2.05) is 25.2 Å². The topological polar surface area (TPSA) is 50.7 Å². The predicted octanol–water partition coefficient (Wildman–Crippen LogP) is 3.18. The lowest BCUT2D eigenvalue weighted by molar-refractivity contribution is 0.0113. The van der Waals surface area contributed by atoms with Gasteiger partial charge in [0.25, 0.3) is 0 Å². The van der Waals surface area contributed by atoms with Crippen molar-refractivity contribution in [2.45, 2.75) is 38.8 Å². The van der Waals surface area contributed by atoms with Crippen molar-refractivity contribution in [2.24, 2.45) is 0 Å². The molecule has 0 spiro atoms. The van der Waals surface area contributed by atoms with Crippen molar-refractivity contribution in [3.63, 3.8) is 0 Å². The lowest BCUT2D eigenvalue weighted by atomic mass is 10.1. The van der Waals surface area contributed by atoms with E-state index in [0.29, 0.717) is 17.4 Å². The molecule has 2 atom stereocenters. The van der Waals surface area contributed by atoms with Crippen molar-refractivity contribution in [1.82, 2.24) is 5.32 Å². The molecule has 1 aromatic carbocycles. The molecule has 0 aliphatic carbocycles. The number of nitrogens with one attached hydrogen (secondary N) is 1. The third-order valence-electron chi connectivity index (χ3n) is 3.27. The number of unbranched alkanes of at least 4 members (excludes halogenated alkanes) is 1. The highest BCUT2D eigenvalue weighted by Gasteiger charge is 2.10. The second kappa shape index (κ2) is 10.0. The first kappa shape index (κ1) is 18.2. The zero-order chi connectivity index (χ0) is 15.7. The molecule has 0 bridgehead atoms. The zero-order valence-electron chi connectivity index (χ0n) is 13.1. The first-order valence-corrected chi connectivity index (χ1v) is 7.81. The molecule has 1 aromatic rings. The van der Waals surface area contributed by atoms with Crippen molar-refractivity contribution < 1.29 is 14.6 Å². The van der Waals surface area contributed by atoms with Crippen molar-refractivity contribution in [1.29, 1.82) is 0 Å². The second-order valence-electron chi connectivity index (χ2n) is 5.09. The van der Waals surface area contributed by atoms with Crippen LogP contribution < -0.4 is 10.1 Å². The Morgan fingerprint density at radius 2 is 2.10 bits per heavy atom. The standard InChI is InChI=1S/C16H26ClNO3/c1-4-5-8-20-10-14(19)11-21-16-7-6-13(9-15(16)17)12(2)18-3/h6-7,9,12,14,18-19H,4-5,8,10-11H2,1-3H3. The summed E-state index contributed by atoms with van der Waals surface area (Å²) in [6.45, 7) is 5.29. The maximum Gasteiger partial charge on any atom is 0.138 e. The number of benzene rings is 1. The van der Waals surface area contributed by atoms with Crippen LogP contribution in [0.4, 0.5) is 0 Å². The minimum atomic E-state index is -0.645. The molecule has 0 heterocycles. The lowest BCUT2D eigenvalue weighted by Gasteiger charge is -2.15. The van der Waals surface area contributed by atoms with Gasteiger partial charge in [0.15, 0.2) is 0 Å². The number of halogens is 1. The molecule has 1 rings (SSSR count). The van der Waals surface area contributed by atoms with Crippen LogP contribution in [0.15, 0.2) is 18.2 Å². The minimum absolute atomic E-state index is 0.173. The summed E-state index contributed by atoms with van der Waals surface area (Å²) in [5.41, 5.74) is 1.10. The van der Waals surface area contributed by atoms with Crippen LogP contribution in [0.5, 0.6) is 5.75 Å². The fourth-order valence-corrected chi connectivity index (χ4v) is 2.01. The summed E-state index contributed by atoms with van der Waals surface area (Å²) < 4.78 is 10.9. The first-order valence-electron chi connectivity index (χ1n) is 7.43. The highest BCUT2D eigenvalue weighted by Crippen LogP contribution is 2.27. The fourth-order valence-electron chi connectivity index (χ4n) is 1.77. The van der Waals surface area contributed by atoms with Crippen molar-refractivity contribution in [3.05, 3.63) is 28.8 Å². The largest absolute Gasteiger partial charge is 0.489 e. The molecule has 0 saturated carbocycles. The Balaban J connectivity index is 2.41. The highest BCUT2D eigenvalue weighted by molar-refractivity contribution is 6.32. The van der Waals surface area contributed by atoms with Gasteiger partial charge in [-0.15, -0.1) is 0 Å². The second-order valence-corrected chi connectivity index (χ2v) is 5.50. The lowest BCUT2D eigenvalue weighted by Crippen LogP contribution is -2.23. The van der Waals surface area contributed by atoms with E-state index in [9.17, 15) is 5.11 Å². The van der Waals surface area contributed by atoms with E-state index in [2.05, 4.69) is 19.2 Å². The molecule has 2 unspecified atom stereocenters. The van der Waals surface area contributed by atoms with Gasteiger partial charge in [-0.25, -0.2) is 0 Å². The fraction of sp³-hybridized carbons (Fsp3) is 0.625. The van der Waals surface area contributed by atoms with Crippen molar-refractivity contribution >= 4 is 11.6 Å². The summed E-state index contributed by atoms with van der Waals surface area (Å²) in [6.07, 6.45) is 1.44. The molecule has 120 valence electrons. The summed E-state index contributed by atoms with van der Waals surface area (Å²) in [4.78, 5) is 0. The first-order chi connectivity index (χ1) is 10.1. The van der Waals surface area contributed by atoms with E-state index in [1.165, 1.54) is 0 Å². The van der Waals surface area contributed by atoms with E-state index in [0.717, 1.165) is 18.4 Å². The van der Waals surface area contributed by atoms with Crippen molar-refractivity contribution in [2.75, 3.05) is 26.9 Å². The van der Waals surface area contributed by atoms with Crippen LogP contribution >= 0.6 is 11.6 Å². The van der Waals surface area contributed by atoms with Crippen LogP contribution in [-0.2, 0) is 4.74 Å². The number of aliphatic hydroxyl groups excluding tert-OH is 1. The molecule has 0 radical (unpaired) electrons. The van der Waals surface area contributed by atoms with Gasteiger partial charge in [0.2, 0.25) is 0 Å². The van der Waals surface area contributed by atoms with Gasteiger partial charge in [0.05, 0.1) is 11.6 Å². The minimum Gasteiger partial charge on any atom is -0.489 e. The molecule has 0 aliphatic heterocycles. The van der Waals surface area contributed by atoms with Gasteiger partial charge < -0.3 is 19.9 Å². The van der Waals surface area contributed by atoms with Gasteiger partial charge in [0.1, 0.15) is 18.5 Å². The molecule has 0 aliphatic rings. The van der Waals surface area contributed by atoms with Gasteiger partial charge in [-0.2, -0.15) is 0 Å². The smallest absolute Gasteiger partial charge is 0.138 e. The van der Waals surface area contributed by atoms with Gasteiger partial charge in [-0.05, 0) is 38.1 Å². The number of rotatable bonds is 10. The maximum absolute atomic E-state index is 9.78. The van der Waals surface area contributed by atoms with Crippen LogP contribution in [0, 0.1) is 0 Å². The number of hydrogen-bond donors (Lipinski definition) is 2. The van der Waals surface area contributed by atoms with Crippen LogP contribution in [0.3, 0.4) is 0 Å². The Bertz CT molecular complexity index is 415. The summed E-state index contributed by atoms with van der Waals surface area (Å²) in [7, 11) is 1.90. The molecule has 4 nitrogen and oxygen atoms in total. The summed E-state index contributed by atoms with van der Waals surface area (Å²) in [6, 6.07) is 5.90. The molecular weight excluding hydrogens is 290 g/mol. The number of hydrogen-bond acceptors (Lipinski definition) is 4. The summed E-state index contributed by atoms with van der Waals surface area (Å²) in [5, 5.41) is 13.5. The third-order valence-corrected chi connectivity index (χ3v) is 3.57. The predicted molar refractivity (Wildman–Crippen MR) is 86.2 cm³/mol. The molecule has 0 amide bonds. The maximum atomic E-state index is 9.78. The Morgan fingerprint density at radius 3 is 2.71 bits per heavy atom. The van der Waals surface area contributed by atoms with Gasteiger partial charge in [0, 0.05) is 12.6 Å². The van der Waals surface area contributed by atoms with Crippen LogP contribution in [0.2, 0.25) is 5.02 Å².